The SMILES string of the molecule is COC(CCC1=C(O)CCC1=O)CC1=C(O)CCC1=O. The van der Waals surface area contributed by atoms with E-state index in [2.05, 4.69) is 0 Å². The third-order valence-electron chi connectivity index (χ3n) is 4.03. The van der Waals surface area contributed by atoms with Crippen molar-refractivity contribution in [2.75, 3.05) is 7.11 Å². The molecule has 0 aliphatic heterocycles. The van der Waals surface area contributed by atoms with Crippen molar-refractivity contribution in [3.8, 4) is 0 Å². The van der Waals surface area contributed by atoms with Crippen LogP contribution in [0.15, 0.2) is 22.7 Å². The number of ether oxygens (including phenoxy) is 1. The van der Waals surface area contributed by atoms with Crippen LogP contribution in [0.4, 0.5) is 0 Å². The summed E-state index contributed by atoms with van der Waals surface area (Å²) in [7, 11) is 1.55. The average Bonchev–Trinajstić information content (AvgIpc) is 2.91. The predicted molar refractivity (Wildman–Crippen MR) is 72.4 cm³/mol. The summed E-state index contributed by atoms with van der Waals surface area (Å²) in [5.74, 6) is 0.319. The van der Waals surface area contributed by atoms with Crippen LogP contribution < -0.4 is 0 Å². The molecule has 0 spiro atoms. The highest BCUT2D eigenvalue weighted by Crippen LogP contribution is 2.29. The first-order valence-corrected chi connectivity index (χ1v) is 6.94. The van der Waals surface area contributed by atoms with Crippen molar-refractivity contribution in [3.05, 3.63) is 22.7 Å². The van der Waals surface area contributed by atoms with Crippen molar-refractivity contribution in [1.82, 2.24) is 0 Å². The summed E-state index contributed by atoms with van der Waals surface area (Å²) in [4.78, 5) is 23.2. The highest BCUT2D eigenvalue weighted by Gasteiger charge is 2.27. The number of carbonyl (C=O) groups excluding carboxylic acids is 2. The molecule has 0 fully saturated rings. The fourth-order valence-corrected chi connectivity index (χ4v) is 2.74. The maximum atomic E-state index is 11.6. The second-order valence-electron chi connectivity index (χ2n) is 5.30. The first kappa shape index (κ1) is 14.8. The van der Waals surface area contributed by atoms with Crippen LogP contribution in [0.3, 0.4) is 0 Å². The van der Waals surface area contributed by atoms with Crippen LogP contribution in [0.5, 0.6) is 0 Å². The molecule has 5 nitrogen and oxygen atoms in total. The minimum absolute atomic E-state index is 0.00337. The molecule has 0 radical (unpaired) electrons. The van der Waals surface area contributed by atoms with E-state index in [-0.39, 0.29) is 29.2 Å². The summed E-state index contributed by atoms with van der Waals surface area (Å²) < 4.78 is 5.33. The zero-order valence-corrected chi connectivity index (χ0v) is 11.6. The Kier molecular flexibility index (Phi) is 4.60. The molecule has 0 saturated carbocycles. The molecule has 2 aliphatic rings. The molecule has 0 aromatic carbocycles. The van der Waals surface area contributed by atoms with E-state index in [1.54, 1.807) is 7.11 Å². The van der Waals surface area contributed by atoms with Gasteiger partial charge in [-0.15, -0.1) is 0 Å². The van der Waals surface area contributed by atoms with Crippen molar-refractivity contribution in [2.45, 2.75) is 51.0 Å². The number of rotatable bonds is 6. The highest BCUT2D eigenvalue weighted by atomic mass is 16.5. The van der Waals surface area contributed by atoms with E-state index >= 15 is 0 Å². The van der Waals surface area contributed by atoms with Crippen molar-refractivity contribution in [2.24, 2.45) is 0 Å². The van der Waals surface area contributed by atoms with Crippen LogP contribution in [0.2, 0.25) is 0 Å². The van der Waals surface area contributed by atoms with Gasteiger partial charge in [-0.05, 0) is 12.8 Å². The number of ketones is 2. The van der Waals surface area contributed by atoms with Crippen LogP contribution in [0.1, 0.15) is 44.9 Å². The molecule has 2 N–H and O–H groups in total. The number of carbonyl (C=O) groups is 2. The van der Waals surface area contributed by atoms with Crippen LogP contribution >= 0.6 is 0 Å². The van der Waals surface area contributed by atoms with Gasteiger partial charge in [0, 0.05) is 50.4 Å². The molecule has 20 heavy (non-hydrogen) atoms. The Morgan fingerprint density at radius 3 is 2.00 bits per heavy atom. The zero-order valence-electron chi connectivity index (χ0n) is 11.6. The molecule has 2 rings (SSSR count). The molecule has 5 heteroatoms. The molecular weight excluding hydrogens is 260 g/mol. The molecule has 2 aliphatic carbocycles. The Balaban J connectivity index is 1.93. The van der Waals surface area contributed by atoms with Gasteiger partial charge in [0.15, 0.2) is 11.6 Å². The summed E-state index contributed by atoms with van der Waals surface area (Å²) in [6, 6.07) is 0. The van der Waals surface area contributed by atoms with E-state index < -0.39 is 0 Å². The van der Waals surface area contributed by atoms with Crippen molar-refractivity contribution >= 4 is 11.6 Å². The molecule has 0 heterocycles. The fraction of sp³-hybridized carbons (Fsp3) is 0.600. The Morgan fingerprint density at radius 2 is 1.55 bits per heavy atom. The van der Waals surface area contributed by atoms with Gasteiger partial charge in [0.2, 0.25) is 0 Å². The fourth-order valence-electron chi connectivity index (χ4n) is 2.74. The second-order valence-corrected chi connectivity index (χ2v) is 5.30. The Bertz CT molecular complexity index is 486. The van der Waals surface area contributed by atoms with Gasteiger partial charge in [0.25, 0.3) is 0 Å². The molecule has 110 valence electrons. The lowest BCUT2D eigenvalue weighted by molar-refractivity contribution is -0.116. The van der Waals surface area contributed by atoms with Gasteiger partial charge in [-0.2, -0.15) is 0 Å². The Morgan fingerprint density at radius 1 is 1.00 bits per heavy atom. The number of hydrogen-bond acceptors (Lipinski definition) is 5. The van der Waals surface area contributed by atoms with Crippen molar-refractivity contribution < 1.29 is 24.5 Å². The Hall–Kier alpha value is -1.62. The number of allylic oxidation sites excluding steroid dienone is 3. The molecule has 0 saturated heterocycles. The minimum atomic E-state index is -0.233. The lowest BCUT2D eigenvalue weighted by atomic mass is 9.99. The van der Waals surface area contributed by atoms with Crippen molar-refractivity contribution in [3.63, 3.8) is 0 Å². The standard InChI is InChI=1S/C15H20O5/c1-20-9(8-11-14(18)6-7-15(11)19)2-3-10-12(16)4-5-13(10)17/h9,16,18H,2-8H2,1H3. The van der Waals surface area contributed by atoms with Gasteiger partial charge >= 0.3 is 0 Å². The van der Waals surface area contributed by atoms with Crippen LogP contribution in [0.25, 0.3) is 0 Å². The van der Waals surface area contributed by atoms with Crippen molar-refractivity contribution in [1.29, 1.82) is 0 Å². The number of Topliss-reactive ketones (excluding diaryl/α,β-unsaturated/α-hetero) is 2. The maximum absolute atomic E-state index is 11.6. The van der Waals surface area contributed by atoms with E-state index in [1.165, 1.54) is 0 Å². The van der Waals surface area contributed by atoms with Gasteiger partial charge in [-0.1, -0.05) is 0 Å². The summed E-state index contributed by atoms with van der Waals surface area (Å²) in [6.07, 6.45) is 2.71. The third kappa shape index (κ3) is 3.10. The second kappa shape index (κ2) is 6.22. The van der Waals surface area contributed by atoms with Crippen LogP contribution in [-0.4, -0.2) is 35.0 Å². The van der Waals surface area contributed by atoms with Gasteiger partial charge in [0.1, 0.15) is 0 Å². The smallest absolute Gasteiger partial charge is 0.162 e. The summed E-state index contributed by atoms with van der Waals surface area (Å²) in [5.41, 5.74) is 0.941. The normalized spacial score (nSPS) is 21.2. The summed E-state index contributed by atoms with van der Waals surface area (Å²) >= 11 is 0. The topological polar surface area (TPSA) is 83.8 Å². The molecule has 0 bridgehead atoms. The minimum Gasteiger partial charge on any atom is -0.512 e. The molecule has 0 aromatic rings. The number of methoxy groups -OCH3 is 1. The third-order valence-corrected chi connectivity index (χ3v) is 4.03. The molecule has 0 aromatic heterocycles. The Labute approximate surface area is 117 Å². The van der Waals surface area contributed by atoms with Crippen LogP contribution in [-0.2, 0) is 14.3 Å². The van der Waals surface area contributed by atoms with E-state index in [1.807, 2.05) is 0 Å². The first-order valence-electron chi connectivity index (χ1n) is 6.94. The largest absolute Gasteiger partial charge is 0.512 e. The number of hydrogen-bond donors (Lipinski definition) is 2. The van der Waals surface area contributed by atoms with E-state index in [9.17, 15) is 19.8 Å². The zero-order chi connectivity index (χ0) is 14.7. The number of aliphatic hydroxyl groups excluding tert-OH is 2. The number of aliphatic hydroxyl groups is 2. The lowest BCUT2D eigenvalue weighted by Gasteiger charge is -2.16. The average molecular weight is 280 g/mol. The van der Waals surface area contributed by atoms with E-state index in [0.717, 1.165) is 0 Å². The monoisotopic (exact) mass is 280 g/mol. The van der Waals surface area contributed by atoms with Gasteiger partial charge in [-0.3, -0.25) is 9.59 Å². The molecule has 0 amide bonds. The molecular formula is C15H20O5. The predicted octanol–water partition coefficient (Wildman–Crippen LogP) is 2.52. The van der Waals surface area contributed by atoms with E-state index in [4.69, 9.17) is 4.74 Å². The maximum Gasteiger partial charge on any atom is 0.162 e. The molecule has 1 unspecified atom stereocenters. The quantitative estimate of drug-likeness (QED) is 0.781. The lowest BCUT2D eigenvalue weighted by Crippen LogP contribution is -2.15. The molecule has 1 atom stereocenters. The van der Waals surface area contributed by atoms with Gasteiger partial charge in [0.05, 0.1) is 17.6 Å². The van der Waals surface area contributed by atoms with E-state index in [0.29, 0.717) is 56.1 Å². The highest BCUT2D eigenvalue weighted by molar-refractivity contribution is 5.98. The van der Waals surface area contributed by atoms with Gasteiger partial charge < -0.3 is 14.9 Å². The summed E-state index contributed by atoms with van der Waals surface area (Å²) in [5, 5.41) is 19.3. The first-order chi connectivity index (χ1) is 9.52. The van der Waals surface area contributed by atoms with Crippen LogP contribution in [0, 0.1) is 0 Å². The van der Waals surface area contributed by atoms with Gasteiger partial charge in [-0.25, -0.2) is 0 Å². The summed E-state index contributed by atoms with van der Waals surface area (Å²) in [6.45, 7) is 0.